The summed E-state index contributed by atoms with van der Waals surface area (Å²) in [6.45, 7) is 5.85. The summed E-state index contributed by atoms with van der Waals surface area (Å²) in [7, 11) is 0. The summed E-state index contributed by atoms with van der Waals surface area (Å²) in [5.74, 6) is 0. The van der Waals surface area contributed by atoms with E-state index in [-0.39, 0.29) is 0 Å². The lowest BCUT2D eigenvalue weighted by molar-refractivity contribution is 0.244. The lowest BCUT2D eigenvalue weighted by Gasteiger charge is -2.26. The Morgan fingerprint density at radius 1 is 1.46 bits per heavy atom. The Kier molecular flexibility index (Phi) is 3.29. The van der Waals surface area contributed by atoms with E-state index in [0.29, 0.717) is 0 Å². The summed E-state index contributed by atoms with van der Waals surface area (Å²) in [4.78, 5) is 7.99. The maximum Gasteiger partial charge on any atom is 0.0794 e. The number of hydrogen-bond acceptors (Lipinski definition) is 4. The van der Waals surface area contributed by atoms with Crippen LogP contribution in [-0.4, -0.2) is 42.6 Å². The van der Waals surface area contributed by atoms with Gasteiger partial charge in [0.15, 0.2) is 0 Å². The third-order valence-corrected chi connectivity index (χ3v) is 3.21. The molecule has 1 saturated heterocycles. The van der Waals surface area contributed by atoms with Crippen LogP contribution in [0, 0.1) is 0 Å². The van der Waals surface area contributed by atoms with Crippen LogP contribution in [0.5, 0.6) is 0 Å². The number of aromatic nitrogens is 1. The van der Waals surface area contributed by atoms with Gasteiger partial charge in [0.1, 0.15) is 0 Å². The summed E-state index contributed by atoms with van der Waals surface area (Å²) < 4.78 is 0. The molecule has 0 aromatic carbocycles. The van der Waals surface area contributed by atoms with Gasteiger partial charge in [0, 0.05) is 43.8 Å². The van der Waals surface area contributed by atoms with Gasteiger partial charge in [0.25, 0.3) is 0 Å². The van der Waals surface area contributed by atoms with Crippen molar-refractivity contribution in [1.29, 1.82) is 0 Å². The molecular formula is C9H15N3S. The first kappa shape index (κ1) is 9.12. The summed E-state index contributed by atoms with van der Waals surface area (Å²) in [5.41, 5.74) is 1.91. The smallest absolute Gasteiger partial charge is 0.0794 e. The molecule has 0 bridgehead atoms. The maximum absolute atomic E-state index is 4.07. The molecule has 0 saturated carbocycles. The van der Waals surface area contributed by atoms with Crippen molar-refractivity contribution in [2.24, 2.45) is 0 Å². The molecule has 3 nitrogen and oxygen atoms in total. The van der Waals surface area contributed by atoms with Crippen LogP contribution in [0.15, 0.2) is 11.7 Å². The first-order chi connectivity index (χ1) is 6.45. The average molecular weight is 197 g/mol. The van der Waals surface area contributed by atoms with E-state index in [1.807, 2.05) is 11.7 Å². The van der Waals surface area contributed by atoms with E-state index < -0.39 is 0 Å². The molecular weight excluding hydrogens is 182 g/mol. The van der Waals surface area contributed by atoms with E-state index in [1.54, 1.807) is 11.3 Å². The number of thiazole rings is 1. The third-order valence-electron chi connectivity index (χ3n) is 2.37. The van der Waals surface area contributed by atoms with Crippen molar-refractivity contribution in [1.82, 2.24) is 15.2 Å². The normalized spacial score (nSPS) is 19.1. The van der Waals surface area contributed by atoms with Gasteiger partial charge in [-0.05, 0) is 6.42 Å². The van der Waals surface area contributed by atoms with E-state index in [0.717, 1.165) is 19.5 Å². The minimum absolute atomic E-state index is 1.14. The molecule has 0 radical (unpaired) electrons. The van der Waals surface area contributed by atoms with Gasteiger partial charge in [-0.3, -0.25) is 4.98 Å². The Morgan fingerprint density at radius 2 is 2.31 bits per heavy atom. The molecule has 1 fully saturated rings. The fraction of sp³-hybridized carbons (Fsp3) is 0.667. The van der Waals surface area contributed by atoms with Gasteiger partial charge in [-0.1, -0.05) is 0 Å². The SMILES string of the molecule is c1ncc(CCN2CCNCC2)s1. The minimum Gasteiger partial charge on any atom is -0.314 e. The van der Waals surface area contributed by atoms with E-state index in [2.05, 4.69) is 15.2 Å². The van der Waals surface area contributed by atoms with Crippen LogP contribution < -0.4 is 5.32 Å². The molecule has 2 rings (SSSR count). The predicted octanol–water partition coefficient (Wildman–Crippen LogP) is 0.591. The Morgan fingerprint density at radius 3 is 3.00 bits per heavy atom. The standard InChI is InChI=1S/C9H15N3S/c1(9-7-11-8-13-9)4-12-5-2-10-3-6-12/h7-8,10H,1-6H2. The topological polar surface area (TPSA) is 28.2 Å². The summed E-state index contributed by atoms with van der Waals surface area (Å²) >= 11 is 1.76. The van der Waals surface area contributed by atoms with Crippen molar-refractivity contribution >= 4 is 11.3 Å². The first-order valence-electron chi connectivity index (χ1n) is 4.75. The molecule has 72 valence electrons. The third kappa shape index (κ3) is 2.76. The molecule has 0 spiro atoms. The highest BCUT2D eigenvalue weighted by molar-refractivity contribution is 7.09. The van der Waals surface area contributed by atoms with E-state index in [9.17, 15) is 0 Å². The fourth-order valence-electron chi connectivity index (χ4n) is 1.57. The van der Waals surface area contributed by atoms with E-state index in [1.165, 1.54) is 24.5 Å². The average Bonchev–Trinajstić information content (AvgIpc) is 2.69. The molecule has 0 atom stereocenters. The van der Waals surface area contributed by atoms with Gasteiger partial charge in [0.05, 0.1) is 5.51 Å². The van der Waals surface area contributed by atoms with Gasteiger partial charge in [-0.15, -0.1) is 11.3 Å². The molecule has 1 N–H and O–H groups in total. The first-order valence-corrected chi connectivity index (χ1v) is 5.63. The molecule has 2 heterocycles. The van der Waals surface area contributed by atoms with Gasteiger partial charge in [-0.2, -0.15) is 0 Å². The van der Waals surface area contributed by atoms with Crippen molar-refractivity contribution in [2.75, 3.05) is 32.7 Å². The van der Waals surface area contributed by atoms with Crippen LogP contribution in [0.2, 0.25) is 0 Å². The summed E-state index contributed by atoms with van der Waals surface area (Å²) in [6.07, 6.45) is 3.14. The number of rotatable bonds is 3. The Labute approximate surface area is 82.8 Å². The number of hydrogen-bond donors (Lipinski definition) is 1. The van der Waals surface area contributed by atoms with Gasteiger partial charge >= 0.3 is 0 Å². The number of nitrogens with zero attached hydrogens (tertiary/aromatic N) is 2. The minimum atomic E-state index is 1.14. The largest absolute Gasteiger partial charge is 0.314 e. The zero-order valence-corrected chi connectivity index (χ0v) is 8.52. The molecule has 1 aromatic rings. The van der Waals surface area contributed by atoms with E-state index >= 15 is 0 Å². The van der Waals surface area contributed by atoms with Crippen molar-refractivity contribution in [2.45, 2.75) is 6.42 Å². The Bertz CT molecular complexity index is 229. The van der Waals surface area contributed by atoms with Crippen molar-refractivity contribution < 1.29 is 0 Å². The highest BCUT2D eigenvalue weighted by Gasteiger charge is 2.08. The van der Waals surface area contributed by atoms with Gasteiger partial charge in [-0.25, -0.2) is 0 Å². The zero-order chi connectivity index (χ0) is 8.93. The molecule has 13 heavy (non-hydrogen) atoms. The van der Waals surface area contributed by atoms with Crippen LogP contribution >= 0.6 is 11.3 Å². The van der Waals surface area contributed by atoms with Gasteiger partial charge in [0.2, 0.25) is 0 Å². The summed E-state index contributed by atoms with van der Waals surface area (Å²) in [5, 5.41) is 3.36. The van der Waals surface area contributed by atoms with Crippen LogP contribution in [0.1, 0.15) is 4.88 Å². The molecule has 0 unspecified atom stereocenters. The van der Waals surface area contributed by atoms with E-state index in [4.69, 9.17) is 0 Å². The highest BCUT2D eigenvalue weighted by Crippen LogP contribution is 2.07. The maximum atomic E-state index is 4.07. The summed E-state index contributed by atoms with van der Waals surface area (Å²) in [6, 6.07) is 0. The van der Waals surface area contributed by atoms with Crippen LogP contribution in [0.4, 0.5) is 0 Å². The quantitative estimate of drug-likeness (QED) is 0.769. The zero-order valence-electron chi connectivity index (χ0n) is 7.70. The highest BCUT2D eigenvalue weighted by atomic mass is 32.1. The van der Waals surface area contributed by atoms with Gasteiger partial charge < -0.3 is 10.2 Å². The molecule has 4 heteroatoms. The molecule has 1 aliphatic rings. The van der Waals surface area contributed by atoms with Crippen molar-refractivity contribution in [3.8, 4) is 0 Å². The lowest BCUT2D eigenvalue weighted by atomic mass is 10.3. The molecule has 1 aliphatic heterocycles. The molecule has 0 aliphatic carbocycles. The van der Waals surface area contributed by atoms with Crippen molar-refractivity contribution in [3.63, 3.8) is 0 Å². The lowest BCUT2D eigenvalue weighted by Crippen LogP contribution is -2.44. The Balaban J connectivity index is 1.72. The van der Waals surface area contributed by atoms with Crippen molar-refractivity contribution in [3.05, 3.63) is 16.6 Å². The second kappa shape index (κ2) is 4.69. The second-order valence-electron chi connectivity index (χ2n) is 3.31. The van der Waals surface area contributed by atoms with Crippen LogP contribution in [-0.2, 0) is 6.42 Å². The number of piperazine rings is 1. The fourth-order valence-corrected chi connectivity index (χ4v) is 2.16. The second-order valence-corrected chi connectivity index (χ2v) is 4.28. The predicted molar refractivity (Wildman–Crippen MR) is 55.1 cm³/mol. The number of nitrogens with one attached hydrogen (secondary N) is 1. The van der Waals surface area contributed by atoms with Crippen LogP contribution in [0.25, 0.3) is 0 Å². The molecule has 1 aromatic heterocycles. The van der Waals surface area contributed by atoms with Crippen LogP contribution in [0.3, 0.4) is 0 Å². The molecule has 0 amide bonds. The Hall–Kier alpha value is -0.450. The monoisotopic (exact) mass is 197 g/mol.